The van der Waals surface area contributed by atoms with Gasteiger partial charge in [-0.3, -0.25) is 9.47 Å². The zero-order valence-corrected chi connectivity index (χ0v) is 9.36. The van der Waals surface area contributed by atoms with E-state index in [-0.39, 0.29) is 11.7 Å². The maximum absolute atomic E-state index is 11.4. The average molecular weight is 210 g/mol. The number of H-pyrrole nitrogens is 1. The molecule has 5 nitrogen and oxygen atoms in total. The predicted octanol–water partition coefficient (Wildman–Crippen LogP) is 0.748. The number of rotatable bonds is 3. The summed E-state index contributed by atoms with van der Waals surface area (Å²) in [6.45, 7) is 7.00. The van der Waals surface area contributed by atoms with Crippen molar-refractivity contribution < 1.29 is 0 Å². The second-order valence-corrected chi connectivity index (χ2v) is 4.05. The quantitative estimate of drug-likeness (QED) is 0.801. The molecule has 1 aromatic rings. The first-order valence-electron chi connectivity index (χ1n) is 5.63. The molecule has 1 atom stereocenters. The number of nitrogens with zero attached hydrogens (tertiary/aromatic N) is 3. The molecule has 5 heteroatoms. The summed E-state index contributed by atoms with van der Waals surface area (Å²) in [5, 5.41) is 6.64. The van der Waals surface area contributed by atoms with Crippen LogP contribution in [-0.2, 0) is 6.54 Å². The Balaban J connectivity index is 2.24. The summed E-state index contributed by atoms with van der Waals surface area (Å²) in [5.41, 5.74) is -0.0986. The molecular weight excluding hydrogens is 192 g/mol. The monoisotopic (exact) mass is 210 g/mol. The molecule has 1 unspecified atom stereocenters. The van der Waals surface area contributed by atoms with E-state index in [1.807, 2.05) is 6.92 Å². The molecule has 2 heterocycles. The van der Waals surface area contributed by atoms with E-state index in [0.29, 0.717) is 6.54 Å². The summed E-state index contributed by atoms with van der Waals surface area (Å²) >= 11 is 0. The van der Waals surface area contributed by atoms with E-state index in [4.69, 9.17) is 0 Å². The van der Waals surface area contributed by atoms with E-state index in [2.05, 4.69) is 22.0 Å². The first-order chi connectivity index (χ1) is 7.24. The molecule has 0 spiro atoms. The van der Waals surface area contributed by atoms with Gasteiger partial charge in [-0.1, -0.05) is 0 Å². The van der Waals surface area contributed by atoms with Crippen LogP contribution >= 0.6 is 0 Å². The van der Waals surface area contributed by atoms with Crippen molar-refractivity contribution in [2.75, 3.05) is 13.1 Å². The molecule has 1 N–H and O–H groups in total. The minimum Gasteiger partial charge on any atom is -0.294 e. The molecule has 2 rings (SSSR count). The molecule has 1 aliphatic rings. The van der Waals surface area contributed by atoms with Crippen LogP contribution in [0.15, 0.2) is 4.79 Å². The summed E-state index contributed by atoms with van der Waals surface area (Å²) in [6.07, 6.45) is 2.51. The lowest BCUT2D eigenvalue weighted by atomic mass is 10.3. The number of hydrogen-bond acceptors (Lipinski definition) is 3. The van der Waals surface area contributed by atoms with E-state index >= 15 is 0 Å². The van der Waals surface area contributed by atoms with Crippen LogP contribution in [-0.4, -0.2) is 32.8 Å². The van der Waals surface area contributed by atoms with Crippen molar-refractivity contribution in [3.8, 4) is 0 Å². The predicted molar refractivity (Wildman–Crippen MR) is 57.7 cm³/mol. The van der Waals surface area contributed by atoms with Gasteiger partial charge in [-0.05, 0) is 39.8 Å². The molecule has 0 saturated carbocycles. The standard InChI is InChI=1S/C10H18N4O/c1-3-14-9(11-12-10(14)15)8(2)13-6-4-5-7-13/h8H,3-7H2,1-2H3,(H,12,15). The van der Waals surface area contributed by atoms with Crippen LogP contribution < -0.4 is 5.69 Å². The highest BCUT2D eigenvalue weighted by Crippen LogP contribution is 2.21. The van der Waals surface area contributed by atoms with Crippen LogP contribution in [0.4, 0.5) is 0 Å². The van der Waals surface area contributed by atoms with Gasteiger partial charge < -0.3 is 0 Å². The summed E-state index contributed by atoms with van der Waals surface area (Å²) in [4.78, 5) is 13.8. The summed E-state index contributed by atoms with van der Waals surface area (Å²) < 4.78 is 1.71. The zero-order chi connectivity index (χ0) is 10.8. The summed E-state index contributed by atoms with van der Waals surface area (Å²) in [5.74, 6) is 0.865. The largest absolute Gasteiger partial charge is 0.343 e. The number of aromatic nitrogens is 3. The van der Waals surface area contributed by atoms with Crippen molar-refractivity contribution in [1.29, 1.82) is 0 Å². The number of nitrogens with one attached hydrogen (secondary N) is 1. The molecule has 0 bridgehead atoms. The minimum atomic E-state index is -0.0986. The Hall–Kier alpha value is -1.10. The van der Waals surface area contributed by atoms with Gasteiger partial charge in [0, 0.05) is 6.54 Å². The zero-order valence-electron chi connectivity index (χ0n) is 9.36. The van der Waals surface area contributed by atoms with Crippen molar-refractivity contribution in [3.05, 3.63) is 16.3 Å². The fourth-order valence-corrected chi connectivity index (χ4v) is 2.25. The maximum atomic E-state index is 11.4. The molecule has 1 fully saturated rings. The van der Waals surface area contributed by atoms with Crippen LogP contribution in [0.25, 0.3) is 0 Å². The Morgan fingerprint density at radius 1 is 1.47 bits per heavy atom. The van der Waals surface area contributed by atoms with Crippen LogP contribution in [0.2, 0.25) is 0 Å². The van der Waals surface area contributed by atoms with Crippen molar-refractivity contribution >= 4 is 0 Å². The van der Waals surface area contributed by atoms with Gasteiger partial charge in [0.1, 0.15) is 0 Å². The maximum Gasteiger partial charge on any atom is 0.343 e. The Labute approximate surface area is 89.1 Å². The molecule has 84 valence electrons. The van der Waals surface area contributed by atoms with E-state index in [0.717, 1.165) is 18.9 Å². The summed E-state index contributed by atoms with van der Waals surface area (Å²) in [6, 6.07) is 0.242. The van der Waals surface area contributed by atoms with E-state index in [9.17, 15) is 4.79 Å². The third-order valence-electron chi connectivity index (χ3n) is 3.17. The molecule has 1 aliphatic heterocycles. The van der Waals surface area contributed by atoms with Gasteiger partial charge in [0.05, 0.1) is 6.04 Å². The van der Waals surface area contributed by atoms with Crippen LogP contribution in [0.5, 0.6) is 0 Å². The van der Waals surface area contributed by atoms with Crippen LogP contribution in [0, 0.1) is 0 Å². The van der Waals surface area contributed by atoms with Gasteiger partial charge in [0.15, 0.2) is 5.82 Å². The normalized spacial score (nSPS) is 19.6. The number of hydrogen-bond donors (Lipinski definition) is 1. The smallest absolute Gasteiger partial charge is 0.294 e. The molecule has 0 aromatic carbocycles. The third kappa shape index (κ3) is 1.84. The van der Waals surface area contributed by atoms with Gasteiger partial charge in [-0.15, -0.1) is 0 Å². The fourth-order valence-electron chi connectivity index (χ4n) is 2.25. The molecule has 15 heavy (non-hydrogen) atoms. The lowest BCUT2D eigenvalue weighted by Crippen LogP contribution is -2.28. The second kappa shape index (κ2) is 4.18. The van der Waals surface area contributed by atoms with Crippen LogP contribution in [0.1, 0.15) is 38.6 Å². The fraction of sp³-hybridized carbons (Fsp3) is 0.800. The average Bonchev–Trinajstić information content (AvgIpc) is 2.85. The molecule has 0 radical (unpaired) electrons. The van der Waals surface area contributed by atoms with Gasteiger partial charge in [0.2, 0.25) is 0 Å². The number of aromatic amines is 1. The highest BCUT2D eigenvalue weighted by atomic mass is 16.1. The third-order valence-corrected chi connectivity index (χ3v) is 3.17. The number of likely N-dealkylation sites (tertiary alicyclic amines) is 1. The molecule has 1 saturated heterocycles. The van der Waals surface area contributed by atoms with Crippen molar-refractivity contribution in [3.63, 3.8) is 0 Å². The highest BCUT2D eigenvalue weighted by Gasteiger charge is 2.23. The van der Waals surface area contributed by atoms with E-state index < -0.39 is 0 Å². The highest BCUT2D eigenvalue weighted by molar-refractivity contribution is 4.95. The Bertz CT molecular complexity index is 375. The van der Waals surface area contributed by atoms with Gasteiger partial charge >= 0.3 is 5.69 Å². The van der Waals surface area contributed by atoms with E-state index in [1.54, 1.807) is 4.57 Å². The molecule has 0 aliphatic carbocycles. The first kappa shape index (κ1) is 10.4. The van der Waals surface area contributed by atoms with Crippen molar-refractivity contribution in [1.82, 2.24) is 19.7 Å². The molecule has 0 amide bonds. The first-order valence-corrected chi connectivity index (χ1v) is 5.63. The van der Waals surface area contributed by atoms with Gasteiger partial charge in [-0.25, -0.2) is 9.89 Å². The van der Waals surface area contributed by atoms with Gasteiger partial charge in [0.25, 0.3) is 0 Å². The Morgan fingerprint density at radius 3 is 2.73 bits per heavy atom. The second-order valence-electron chi connectivity index (χ2n) is 4.05. The Morgan fingerprint density at radius 2 is 2.13 bits per heavy atom. The van der Waals surface area contributed by atoms with Crippen LogP contribution in [0.3, 0.4) is 0 Å². The summed E-state index contributed by atoms with van der Waals surface area (Å²) in [7, 11) is 0. The Kier molecular flexibility index (Phi) is 2.90. The van der Waals surface area contributed by atoms with Gasteiger partial charge in [-0.2, -0.15) is 5.10 Å². The topological polar surface area (TPSA) is 53.9 Å². The lowest BCUT2D eigenvalue weighted by molar-refractivity contribution is 0.247. The van der Waals surface area contributed by atoms with E-state index in [1.165, 1.54) is 12.8 Å². The van der Waals surface area contributed by atoms with Crippen molar-refractivity contribution in [2.24, 2.45) is 0 Å². The van der Waals surface area contributed by atoms with Crippen molar-refractivity contribution in [2.45, 2.75) is 39.3 Å². The lowest BCUT2D eigenvalue weighted by Gasteiger charge is -2.22. The molecular formula is C10H18N4O. The molecule has 1 aromatic heterocycles. The SMILES string of the molecule is CCn1c(C(C)N2CCCC2)n[nH]c1=O. The minimum absolute atomic E-state index is 0.0986.